The standard InChI is InChI=1S/C16H19ClF3N3O4S/c1-15(2,3)14-22-21-13(27-14)11(8-24)23(4)28(25,26)12-6-5-9(7-10(12)17)16(18,19)20/h5-7,11,24H,8H2,1-4H3/t11-/m0/s1. The maximum absolute atomic E-state index is 12.9. The van der Waals surface area contributed by atoms with Gasteiger partial charge in [0.25, 0.3) is 0 Å². The van der Waals surface area contributed by atoms with Crippen LogP contribution in [0.5, 0.6) is 0 Å². The predicted octanol–water partition coefficient (Wildman–Crippen LogP) is 3.39. The van der Waals surface area contributed by atoms with Crippen LogP contribution >= 0.6 is 11.6 Å². The third-order valence-electron chi connectivity index (χ3n) is 3.90. The van der Waals surface area contributed by atoms with Crippen molar-refractivity contribution in [3.05, 3.63) is 40.6 Å². The Kier molecular flexibility index (Phi) is 6.15. The molecular formula is C16H19ClF3N3O4S. The first-order chi connectivity index (χ1) is 12.7. The van der Waals surface area contributed by atoms with E-state index in [1.165, 1.54) is 0 Å². The molecule has 2 rings (SSSR count). The normalized spacial score (nSPS) is 14.5. The SMILES string of the molecule is CN([C@@H](CO)c1nnc(C(C)(C)C)o1)S(=O)(=O)c1ccc(C(F)(F)F)cc1Cl. The van der Waals surface area contributed by atoms with Crippen molar-refractivity contribution in [1.82, 2.24) is 14.5 Å². The van der Waals surface area contributed by atoms with E-state index in [0.29, 0.717) is 12.1 Å². The molecule has 156 valence electrons. The van der Waals surface area contributed by atoms with Crippen LogP contribution in [-0.2, 0) is 21.6 Å². The van der Waals surface area contributed by atoms with Crippen molar-refractivity contribution in [3.8, 4) is 0 Å². The molecule has 0 aliphatic carbocycles. The average Bonchev–Trinajstić information content (AvgIpc) is 3.04. The summed E-state index contributed by atoms with van der Waals surface area (Å²) in [7, 11) is -3.24. The van der Waals surface area contributed by atoms with E-state index in [9.17, 15) is 26.7 Å². The van der Waals surface area contributed by atoms with Crippen LogP contribution in [0.2, 0.25) is 5.02 Å². The van der Waals surface area contributed by atoms with Gasteiger partial charge in [0.05, 0.1) is 17.2 Å². The minimum atomic E-state index is -4.67. The zero-order valence-electron chi connectivity index (χ0n) is 15.5. The zero-order chi connectivity index (χ0) is 21.5. The second-order valence-corrected chi connectivity index (χ2v) is 9.43. The number of hydrogen-bond acceptors (Lipinski definition) is 6. The first kappa shape index (κ1) is 22.6. The van der Waals surface area contributed by atoms with Gasteiger partial charge in [-0.3, -0.25) is 0 Å². The van der Waals surface area contributed by atoms with Gasteiger partial charge in [0.2, 0.25) is 21.8 Å². The minimum Gasteiger partial charge on any atom is -0.423 e. The highest BCUT2D eigenvalue weighted by Crippen LogP contribution is 2.35. The topological polar surface area (TPSA) is 96.5 Å². The number of rotatable bonds is 5. The number of nitrogens with zero attached hydrogens (tertiary/aromatic N) is 3. The molecule has 0 bridgehead atoms. The first-order valence-electron chi connectivity index (χ1n) is 7.99. The molecule has 0 amide bonds. The molecule has 1 heterocycles. The lowest BCUT2D eigenvalue weighted by atomic mass is 9.97. The molecule has 12 heteroatoms. The number of aliphatic hydroxyl groups is 1. The van der Waals surface area contributed by atoms with Crippen molar-refractivity contribution in [3.63, 3.8) is 0 Å². The summed E-state index contributed by atoms with van der Waals surface area (Å²) >= 11 is 5.80. The monoisotopic (exact) mass is 441 g/mol. The number of benzene rings is 1. The third kappa shape index (κ3) is 4.48. The van der Waals surface area contributed by atoms with Gasteiger partial charge in [-0.25, -0.2) is 8.42 Å². The summed E-state index contributed by atoms with van der Waals surface area (Å²) in [5, 5.41) is 16.7. The minimum absolute atomic E-state index is 0.151. The van der Waals surface area contributed by atoms with Gasteiger partial charge in [-0.15, -0.1) is 10.2 Å². The van der Waals surface area contributed by atoms with Crippen LogP contribution in [0.1, 0.15) is 44.2 Å². The second kappa shape index (κ2) is 7.62. The molecule has 1 aromatic carbocycles. The van der Waals surface area contributed by atoms with Gasteiger partial charge >= 0.3 is 6.18 Å². The summed E-state index contributed by atoms with van der Waals surface area (Å²) in [4.78, 5) is -0.543. The highest BCUT2D eigenvalue weighted by atomic mass is 35.5. The number of likely N-dealkylation sites (N-methyl/N-ethyl adjacent to an activating group) is 1. The molecule has 0 unspecified atom stereocenters. The fraction of sp³-hybridized carbons (Fsp3) is 0.500. The molecule has 0 spiro atoms. The van der Waals surface area contributed by atoms with E-state index in [-0.39, 0.29) is 11.8 Å². The Morgan fingerprint density at radius 3 is 2.29 bits per heavy atom. The van der Waals surface area contributed by atoms with Crippen molar-refractivity contribution >= 4 is 21.6 Å². The molecule has 1 aromatic heterocycles. The molecule has 1 N–H and O–H groups in total. The summed E-state index contributed by atoms with van der Waals surface area (Å²) in [6.07, 6.45) is -4.67. The highest BCUT2D eigenvalue weighted by Gasteiger charge is 2.36. The smallest absolute Gasteiger partial charge is 0.416 e. The van der Waals surface area contributed by atoms with Crippen molar-refractivity contribution in [2.24, 2.45) is 0 Å². The Morgan fingerprint density at radius 1 is 1.25 bits per heavy atom. The van der Waals surface area contributed by atoms with Crippen LogP contribution in [0.3, 0.4) is 0 Å². The molecule has 0 saturated heterocycles. The summed E-state index contributed by atoms with van der Waals surface area (Å²) in [5.74, 6) is 0.0841. The fourth-order valence-corrected chi connectivity index (χ4v) is 4.05. The summed E-state index contributed by atoms with van der Waals surface area (Å²) in [6, 6.07) is 0.665. The highest BCUT2D eigenvalue weighted by molar-refractivity contribution is 7.89. The molecule has 0 aliphatic rings. The van der Waals surface area contributed by atoms with Crippen LogP contribution < -0.4 is 0 Å². The van der Waals surface area contributed by atoms with Crippen LogP contribution in [0.4, 0.5) is 13.2 Å². The van der Waals surface area contributed by atoms with Gasteiger partial charge in [0, 0.05) is 12.5 Å². The van der Waals surface area contributed by atoms with Gasteiger partial charge in [-0.05, 0) is 18.2 Å². The molecule has 0 aliphatic heterocycles. The number of aliphatic hydroxyl groups excluding tert-OH is 1. The largest absolute Gasteiger partial charge is 0.423 e. The number of halogens is 4. The molecule has 1 atom stereocenters. The molecule has 0 radical (unpaired) electrons. The first-order valence-corrected chi connectivity index (χ1v) is 9.81. The zero-order valence-corrected chi connectivity index (χ0v) is 17.0. The molecule has 2 aromatic rings. The molecule has 7 nitrogen and oxygen atoms in total. The van der Waals surface area contributed by atoms with Gasteiger partial charge in [0.15, 0.2) is 0 Å². The molecule has 0 fully saturated rings. The Bertz CT molecular complexity index is 955. The van der Waals surface area contributed by atoms with Crippen LogP contribution in [0.15, 0.2) is 27.5 Å². The fourth-order valence-electron chi connectivity index (χ4n) is 2.23. The van der Waals surface area contributed by atoms with Gasteiger partial charge in [-0.2, -0.15) is 17.5 Å². The van der Waals surface area contributed by atoms with E-state index in [2.05, 4.69) is 10.2 Å². The number of hydrogen-bond donors (Lipinski definition) is 1. The van der Waals surface area contributed by atoms with Crippen molar-refractivity contribution in [2.45, 2.75) is 43.3 Å². The quantitative estimate of drug-likeness (QED) is 0.764. The summed E-state index contributed by atoms with van der Waals surface area (Å²) in [6.45, 7) is 4.72. The maximum Gasteiger partial charge on any atom is 0.416 e. The molecular weight excluding hydrogens is 423 g/mol. The van der Waals surface area contributed by atoms with E-state index >= 15 is 0 Å². The van der Waals surface area contributed by atoms with E-state index < -0.39 is 49.7 Å². The second-order valence-electron chi connectivity index (χ2n) is 7.06. The lowest BCUT2D eigenvalue weighted by molar-refractivity contribution is -0.137. The molecule has 0 saturated carbocycles. The van der Waals surface area contributed by atoms with Gasteiger partial charge in [0.1, 0.15) is 10.9 Å². The Balaban J connectivity index is 2.42. The average molecular weight is 442 g/mol. The van der Waals surface area contributed by atoms with Crippen molar-refractivity contribution in [1.29, 1.82) is 0 Å². The Hall–Kier alpha value is -1.69. The van der Waals surface area contributed by atoms with Gasteiger partial charge < -0.3 is 9.52 Å². The van der Waals surface area contributed by atoms with Crippen molar-refractivity contribution < 1.29 is 31.1 Å². The van der Waals surface area contributed by atoms with Crippen LogP contribution in [0.25, 0.3) is 0 Å². The Labute approximate surface area is 165 Å². The van der Waals surface area contributed by atoms with Crippen molar-refractivity contribution in [2.75, 3.05) is 13.7 Å². The third-order valence-corrected chi connectivity index (χ3v) is 6.24. The number of sulfonamides is 1. The lowest BCUT2D eigenvalue weighted by Gasteiger charge is -2.24. The Morgan fingerprint density at radius 2 is 1.86 bits per heavy atom. The summed E-state index contributed by atoms with van der Waals surface area (Å²) in [5.41, 5.74) is -1.58. The van der Waals surface area contributed by atoms with E-state index in [4.69, 9.17) is 16.0 Å². The number of alkyl halides is 3. The predicted molar refractivity (Wildman–Crippen MR) is 94.2 cm³/mol. The van der Waals surface area contributed by atoms with E-state index in [1.807, 2.05) is 0 Å². The molecule has 28 heavy (non-hydrogen) atoms. The summed E-state index contributed by atoms with van der Waals surface area (Å²) < 4.78 is 70.2. The van der Waals surface area contributed by atoms with E-state index in [1.54, 1.807) is 20.8 Å². The number of aromatic nitrogens is 2. The van der Waals surface area contributed by atoms with E-state index in [0.717, 1.165) is 17.4 Å². The maximum atomic E-state index is 12.9. The lowest BCUT2D eigenvalue weighted by Crippen LogP contribution is -2.33. The van der Waals surface area contributed by atoms with Crippen LogP contribution in [0, 0.1) is 0 Å². The van der Waals surface area contributed by atoms with Gasteiger partial charge in [-0.1, -0.05) is 32.4 Å². The van der Waals surface area contributed by atoms with Crippen LogP contribution in [-0.4, -0.2) is 41.7 Å².